The molecule has 0 unspecified atom stereocenters. The Balaban J connectivity index is 1.38. The first-order chi connectivity index (χ1) is 18.0. The van der Waals surface area contributed by atoms with Crippen LogP contribution in [0.4, 0.5) is 11.4 Å². The minimum atomic E-state index is -0.0191. The summed E-state index contributed by atoms with van der Waals surface area (Å²) in [6, 6.07) is 25.0. The van der Waals surface area contributed by atoms with Gasteiger partial charge in [-0.25, -0.2) is 0 Å². The summed E-state index contributed by atoms with van der Waals surface area (Å²) in [5.74, 6) is 0.0247. The number of anilines is 2. The van der Waals surface area contributed by atoms with Crippen LogP contribution in [0.2, 0.25) is 0 Å². The molecule has 0 aromatic heterocycles. The van der Waals surface area contributed by atoms with Crippen molar-refractivity contribution in [3.8, 4) is 0 Å². The summed E-state index contributed by atoms with van der Waals surface area (Å²) in [6.07, 6.45) is 6.26. The van der Waals surface area contributed by atoms with Gasteiger partial charge in [-0.2, -0.15) is 0 Å². The lowest BCUT2D eigenvalue weighted by Gasteiger charge is -2.38. The lowest BCUT2D eigenvalue weighted by Crippen LogP contribution is -2.47. The van der Waals surface area contributed by atoms with Gasteiger partial charge in [0.15, 0.2) is 0 Å². The topological polar surface area (TPSA) is 43.9 Å². The molecule has 1 fully saturated rings. The van der Waals surface area contributed by atoms with E-state index in [1.54, 1.807) is 13.0 Å². The molecule has 0 saturated carbocycles. The second kappa shape index (κ2) is 11.1. The second-order valence-corrected chi connectivity index (χ2v) is 10.2. The summed E-state index contributed by atoms with van der Waals surface area (Å²) in [5, 5.41) is 0. The fourth-order valence-electron chi connectivity index (χ4n) is 5.47. The number of rotatable bonds is 6. The summed E-state index contributed by atoms with van der Waals surface area (Å²) in [6.45, 7) is 7.18. The number of amides is 2. The van der Waals surface area contributed by atoms with Crippen molar-refractivity contribution in [2.75, 3.05) is 29.4 Å². The van der Waals surface area contributed by atoms with Gasteiger partial charge < -0.3 is 9.80 Å². The summed E-state index contributed by atoms with van der Waals surface area (Å²) >= 11 is 0. The highest BCUT2D eigenvalue weighted by Crippen LogP contribution is 2.34. The van der Waals surface area contributed by atoms with Gasteiger partial charge >= 0.3 is 0 Å². The molecule has 2 aliphatic rings. The zero-order valence-electron chi connectivity index (χ0n) is 21.8. The highest BCUT2D eigenvalue weighted by Gasteiger charge is 2.30. The summed E-state index contributed by atoms with van der Waals surface area (Å²) < 4.78 is 0. The Labute approximate surface area is 220 Å². The van der Waals surface area contributed by atoms with E-state index in [0.29, 0.717) is 6.54 Å². The second-order valence-electron chi connectivity index (χ2n) is 10.2. The lowest BCUT2D eigenvalue weighted by atomic mass is 10.0. The van der Waals surface area contributed by atoms with E-state index < -0.39 is 0 Å². The van der Waals surface area contributed by atoms with E-state index in [1.165, 1.54) is 16.7 Å². The zero-order chi connectivity index (χ0) is 25.8. The molecule has 1 saturated heterocycles. The molecule has 3 aromatic rings. The third kappa shape index (κ3) is 5.83. The Morgan fingerprint density at radius 1 is 0.946 bits per heavy atom. The maximum Gasteiger partial charge on any atom is 0.251 e. The van der Waals surface area contributed by atoms with E-state index in [-0.39, 0.29) is 17.9 Å². The van der Waals surface area contributed by atoms with Crippen LogP contribution in [0.15, 0.2) is 78.9 Å². The van der Waals surface area contributed by atoms with Crippen molar-refractivity contribution in [3.63, 3.8) is 0 Å². The van der Waals surface area contributed by atoms with Crippen molar-refractivity contribution in [1.82, 2.24) is 4.90 Å². The highest BCUT2D eigenvalue weighted by molar-refractivity contribution is 6.05. The summed E-state index contributed by atoms with van der Waals surface area (Å²) in [5.41, 5.74) is 6.49. The van der Waals surface area contributed by atoms with Crippen LogP contribution >= 0.6 is 0 Å². The van der Waals surface area contributed by atoms with Gasteiger partial charge in [0.05, 0.1) is 0 Å². The Bertz CT molecular complexity index is 1280. The first-order valence-electron chi connectivity index (χ1n) is 13.2. The minimum absolute atomic E-state index is 0.0191. The van der Waals surface area contributed by atoms with Crippen LogP contribution in [0, 0.1) is 6.92 Å². The molecule has 0 N–H and O–H groups in total. The Kier molecular flexibility index (Phi) is 7.52. The van der Waals surface area contributed by atoms with Crippen molar-refractivity contribution in [2.45, 2.75) is 45.7 Å². The first kappa shape index (κ1) is 25.0. The molecule has 0 radical (unpaired) electrons. The van der Waals surface area contributed by atoms with E-state index in [1.807, 2.05) is 40.1 Å². The van der Waals surface area contributed by atoms with Crippen LogP contribution in [0.25, 0.3) is 6.08 Å². The molecule has 0 aliphatic carbocycles. The molecule has 5 rings (SSSR count). The SMILES string of the molecule is CC(=O)N1CCc2ccc(N(C(=O)C=Cc3ccc(C)cc3)C3CCN(Cc4ccccc4)CC3)cc21. The van der Waals surface area contributed by atoms with Crippen LogP contribution < -0.4 is 9.80 Å². The third-order valence-corrected chi connectivity index (χ3v) is 7.53. The van der Waals surface area contributed by atoms with Crippen LogP contribution in [0.1, 0.15) is 42.0 Å². The predicted octanol–water partition coefficient (Wildman–Crippen LogP) is 5.62. The van der Waals surface area contributed by atoms with Gasteiger partial charge in [-0.15, -0.1) is 0 Å². The number of aryl methyl sites for hydroxylation is 1. The number of carbonyl (C=O) groups excluding carboxylic acids is 2. The van der Waals surface area contributed by atoms with E-state index in [2.05, 4.69) is 60.4 Å². The average molecular weight is 494 g/mol. The highest BCUT2D eigenvalue weighted by atomic mass is 16.2. The standard InChI is InChI=1S/C32H35N3O2/c1-24-8-10-26(11-9-24)12-15-32(37)35(30-14-13-28-16-21-34(25(2)36)31(28)22-30)29-17-19-33(20-18-29)23-27-6-4-3-5-7-27/h3-15,22,29H,16-21,23H2,1-2H3. The van der Waals surface area contributed by atoms with Gasteiger partial charge in [-0.1, -0.05) is 66.2 Å². The van der Waals surface area contributed by atoms with Crippen LogP contribution in [0.3, 0.4) is 0 Å². The molecule has 2 heterocycles. The molecular formula is C32H35N3O2. The molecule has 0 bridgehead atoms. The van der Waals surface area contributed by atoms with Crippen LogP contribution in [-0.4, -0.2) is 42.4 Å². The first-order valence-corrected chi connectivity index (χ1v) is 13.2. The van der Waals surface area contributed by atoms with Crippen molar-refractivity contribution in [1.29, 1.82) is 0 Å². The van der Waals surface area contributed by atoms with Crippen molar-refractivity contribution < 1.29 is 9.59 Å². The number of likely N-dealkylation sites (tertiary alicyclic amines) is 1. The van der Waals surface area contributed by atoms with Gasteiger partial charge in [0, 0.05) is 56.6 Å². The van der Waals surface area contributed by atoms with E-state index in [0.717, 1.165) is 55.8 Å². The van der Waals surface area contributed by atoms with Gasteiger partial charge in [-0.05, 0) is 61.1 Å². The van der Waals surface area contributed by atoms with E-state index in [9.17, 15) is 9.59 Å². The Morgan fingerprint density at radius 2 is 1.68 bits per heavy atom. The monoisotopic (exact) mass is 493 g/mol. The number of piperidine rings is 1. The Morgan fingerprint density at radius 3 is 2.38 bits per heavy atom. The molecular weight excluding hydrogens is 458 g/mol. The normalized spacial score (nSPS) is 16.2. The zero-order valence-corrected chi connectivity index (χ0v) is 21.8. The Hall–Kier alpha value is -3.70. The largest absolute Gasteiger partial charge is 0.312 e. The maximum absolute atomic E-state index is 13.7. The number of fused-ring (bicyclic) bond motifs is 1. The number of carbonyl (C=O) groups is 2. The smallest absolute Gasteiger partial charge is 0.251 e. The molecule has 5 heteroatoms. The van der Waals surface area contributed by atoms with Gasteiger partial charge in [0.25, 0.3) is 5.91 Å². The molecule has 0 atom stereocenters. The number of nitrogens with zero attached hydrogens (tertiary/aromatic N) is 3. The quantitative estimate of drug-likeness (QED) is 0.419. The molecule has 5 nitrogen and oxygen atoms in total. The molecule has 37 heavy (non-hydrogen) atoms. The van der Waals surface area contributed by atoms with E-state index >= 15 is 0 Å². The van der Waals surface area contributed by atoms with Crippen LogP contribution in [-0.2, 0) is 22.6 Å². The molecule has 190 valence electrons. The van der Waals surface area contributed by atoms with E-state index in [4.69, 9.17) is 0 Å². The molecule has 2 aliphatic heterocycles. The molecule has 2 amide bonds. The fraction of sp³-hybridized carbons (Fsp3) is 0.312. The van der Waals surface area contributed by atoms with Gasteiger partial charge in [0.1, 0.15) is 0 Å². The minimum Gasteiger partial charge on any atom is -0.312 e. The lowest BCUT2D eigenvalue weighted by molar-refractivity contribution is -0.116. The number of hydrogen-bond donors (Lipinski definition) is 0. The van der Waals surface area contributed by atoms with Crippen molar-refractivity contribution >= 4 is 29.3 Å². The predicted molar refractivity (Wildman–Crippen MR) is 151 cm³/mol. The molecule has 0 spiro atoms. The average Bonchev–Trinajstić information content (AvgIpc) is 3.34. The number of hydrogen-bond acceptors (Lipinski definition) is 3. The summed E-state index contributed by atoms with van der Waals surface area (Å²) in [7, 11) is 0. The van der Waals surface area contributed by atoms with Gasteiger partial charge in [-0.3, -0.25) is 14.5 Å². The molecule has 3 aromatic carbocycles. The van der Waals surface area contributed by atoms with Crippen molar-refractivity contribution in [3.05, 3.63) is 101 Å². The van der Waals surface area contributed by atoms with Crippen LogP contribution in [0.5, 0.6) is 0 Å². The maximum atomic E-state index is 13.7. The van der Waals surface area contributed by atoms with Gasteiger partial charge in [0.2, 0.25) is 5.91 Å². The van der Waals surface area contributed by atoms with Crippen molar-refractivity contribution in [2.24, 2.45) is 0 Å². The summed E-state index contributed by atoms with van der Waals surface area (Å²) in [4.78, 5) is 32.2. The fourth-order valence-corrected chi connectivity index (χ4v) is 5.47. The third-order valence-electron chi connectivity index (χ3n) is 7.53. The number of benzene rings is 3.